The van der Waals surface area contributed by atoms with Gasteiger partial charge in [0.15, 0.2) is 0 Å². The molecule has 0 saturated carbocycles. The topological polar surface area (TPSA) is 49.3 Å². The average Bonchev–Trinajstić information content (AvgIpc) is 2.56. The molecule has 1 aliphatic heterocycles. The Hall–Kier alpha value is -2.34. The summed E-state index contributed by atoms with van der Waals surface area (Å²) in [6.45, 7) is 3.10. The van der Waals surface area contributed by atoms with Crippen LogP contribution in [0.1, 0.15) is 10.5 Å². The first-order chi connectivity index (χ1) is 10.6. The maximum absolute atomic E-state index is 13.0. The van der Waals surface area contributed by atoms with Gasteiger partial charge in [0, 0.05) is 31.7 Å². The predicted octanol–water partition coefficient (Wildman–Crippen LogP) is 1.67. The lowest BCUT2D eigenvalue weighted by Gasteiger charge is -2.32. The van der Waals surface area contributed by atoms with Gasteiger partial charge in [0.1, 0.15) is 11.5 Å². The number of likely N-dealkylation sites (N-methyl/N-ethyl adjacent to an activating group) is 1. The number of hydrogen-bond donors (Lipinski definition) is 0. The molecule has 0 spiro atoms. The molecule has 1 aromatic heterocycles. The maximum Gasteiger partial charge on any atom is 0.274 e. The number of carbonyl (C=O) groups is 1. The van der Waals surface area contributed by atoms with E-state index in [0.29, 0.717) is 24.5 Å². The van der Waals surface area contributed by atoms with Crippen molar-refractivity contribution in [2.75, 3.05) is 33.2 Å². The van der Waals surface area contributed by atoms with Crippen LogP contribution < -0.4 is 0 Å². The van der Waals surface area contributed by atoms with Crippen molar-refractivity contribution < 1.29 is 9.18 Å². The lowest BCUT2D eigenvalue weighted by Crippen LogP contribution is -2.47. The molecule has 0 radical (unpaired) electrons. The summed E-state index contributed by atoms with van der Waals surface area (Å²) in [4.78, 5) is 24.9. The quantitative estimate of drug-likeness (QED) is 0.846. The molecule has 1 saturated heterocycles. The second kappa shape index (κ2) is 6.19. The summed E-state index contributed by atoms with van der Waals surface area (Å²) >= 11 is 0. The van der Waals surface area contributed by atoms with E-state index in [0.717, 1.165) is 18.7 Å². The van der Waals surface area contributed by atoms with Gasteiger partial charge in [-0.1, -0.05) is 0 Å². The third-order valence-corrected chi connectivity index (χ3v) is 3.78. The predicted molar refractivity (Wildman–Crippen MR) is 80.8 cm³/mol. The van der Waals surface area contributed by atoms with Crippen LogP contribution in [0.15, 0.2) is 36.7 Å². The lowest BCUT2D eigenvalue weighted by atomic mass is 10.1. The third kappa shape index (κ3) is 3.12. The van der Waals surface area contributed by atoms with Crippen molar-refractivity contribution in [2.45, 2.75) is 0 Å². The SMILES string of the molecule is CN1CCN(C(=O)c2cncc(-c3ccc(F)cc3)n2)CC1. The van der Waals surface area contributed by atoms with E-state index in [4.69, 9.17) is 0 Å². The van der Waals surface area contributed by atoms with E-state index in [2.05, 4.69) is 14.9 Å². The molecular formula is C16H17FN4O. The standard InChI is InChI=1S/C16H17FN4O/c1-20-6-8-21(9-7-20)16(22)15-11-18-10-14(19-15)12-2-4-13(17)5-3-12/h2-5,10-11H,6-9H2,1H3. The van der Waals surface area contributed by atoms with Crippen molar-refractivity contribution in [1.29, 1.82) is 0 Å². The minimum absolute atomic E-state index is 0.107. The monoisotopic (exact) mass is 300 g/mol. The summed E-state index contributed by atoms with van der Waals surface area (Å²) in [5.41, 5.74) is 1.63. The number of benzene rings is 1. The van der Waals surface area contributed by atoms with Crippen LogP contribution in [0, 0.1) is 5.82 Å². The van der Waals surface area contributed by atoms with E-state index < -0.39 is 0 Å². The van der Waals surface area contributed by atoms with Crippen LogP contribution in [0.4, 0.5) is 4.39 Å². The van der Waals surface area contributed by atoms with E-state index in [9.17, 15) is 9.18 Å². The zero-order valence-corrected chi connectivity index (χ0v) is 12.4. The molecule has 0 atom stereocenters. The molecule has 114 valence electrons. The Kier molecular flexibility index (Phi) is 4.11. The molecule has 0 unspecified atom stereocenters. The third-order valence-electron chi connectivity index (χ3n) is 3.78. The smallest absolute Gasteiger partial charge is 0.274 e. The fourth-order valence-electron chi connectivity index (χ4n) is 2.40. The van der Waals surface area contributed by atoms with Gasteiger partial charge < -0.3 is 9.80 Å². The summed E-state index contributed by atoms with van der Waals surface area (Å²) in [5.74, 6) is -0.411. The largest absolute Gasteiger partial charge is 0.335 e. The van der Waals surface area contributed by atoms with Gasteiger partial charge in [-0.25, -0.2) is 9.37 Å². The molecule has 2 heterocycles. The molecule has 3 rings (SSSR count). The number of piperazine rings is 1. The number of aromatic nitrogens is 2. The molecule has 6 heteroatoms. The first kappa shape index (κ1) is 14.6. The minimum Gasteiger partial charge on any atom is -0.335 e. The fourth-order valence-corrected chi connectivity index (χ4v) is 2.40. The molecule has 5 nitrogen and oxygen atoms in total. The fraction of sp³-hybridized carbons (Fsp3) is 0.312. The summed E-state index contributed by atoms with van der Waals surface area (Å²) < 4.78 is 13.0. The molecule has 0 N–H and O–H groups in total. The molecule has 22 heavy (non-hydrogen) atoms. The zero-order valence-electron chi connectivity index (χ0n) is 12.4. The maximum atomic E-state index is 13.0. The van der Waals surface area contributed by atoms with Crippen LogP contribution in [0.3, 0.4) is 0 Å². The van der Waals surface area contributed by atoms with Crippen LogP contribution in [-0.2, 0) is 0 Å². The summed E-state index contributed by atoms with van der Waals surface area (Å²) in [6.07, 6.45) is 3.06. The van der Waals surface area contributed by atoms with Gasteiger partial charge in [0.25, 0.3) is 5.91 Å². The molecule has 0 aliphatic carbocycles. The van der Waals surface area contributed by atoms with Crippen LogP contribution in [-0.4, -0.2) is 58.9 Å². The van der Waals surface area contributed by atoms with Gasteiger partial charge in [-0.15, -0.1) is 0 Å². The highest BCUT2D eigenvalue weighted by atomic mass is 19.1. The summed E-state index contributed by atoms with van der Waals surface area (Å²) in [5, 5.41) is 0. The highest BCUT2D eigenvalue weighted by Crippen LogP contribution is 2.17. The Balaban J connectivity index is 1.81. The van der Waals surface area contributed by atoms with Crippen LogP contribution in [0.5, 0.6) is 0 Å². The van der Waals surface area contributed by atoms with Crippen LogP contribution >= 0.6 is 0 Å². The van der Waals surface area contributed by atoms with E-state index in [1.165, 1.54) is 18.3 Å². The Morgan fingerprint density at radius 2 is 1.77 bits per heavy atom. The highest BCUT2D eigenvalue weighted by molar-refractivity contribution is 5.92. The summed E-state index contributed by atoms with van der Waals surface area (Å²) in [6, 6.07) is 5.99. The van der Waals surface area contributed by atoms with Crippen molar-refractivity contribution in [3.05, 3.63) is 48.2 Å². The molecular weight excluding hydrogens is 283 g/mol. The number of carbonyl (C=O) groups excluding carboxylic acids is 1. The minimum atomic E-state index is -0.304. The highest BCUT2D eigenvalue weighted by Gasteiger charge is 2.21. The first-order valence-electron chi connectivity index (χ1n) is 7.19. The van der Waals surface area contributed by atoms with Gasteiger partial charge in [-0.2, -0.15) is 0 Å². The number of nitrogens with zero attached hydrogens (tertiary/aromatic N) is 4. The molecule has 1 aromatic carbocycles. The Morgan fingerprint density at radius 1 is 1.09 bits per heavy atom. The van der Waals surface area contributed by atoms with E-state index in [1.807, 2.05) is 7.05 Å². The Morgan fingerprint density at radius 3 is 2.45 bits per heavy atom. The van der Waals surface area contributed by atoms with Gasteiger partial charge in [0.05, 0.1) is 18.1 Å². The molecule has 0 bridgehead atoms. The Labute approximate surface area is 128 Å². The van der Waals surface area contributed by atoms with E-state index in [-0.39, 0.29) is 11.7 Å². The summed E-state index contributed by atoms with van der Waals surface area (Å²) in [7, 11) is 2.04. The first-order valence-corrected chi connectivity index (χ1v) is 7.19. The second-order valence-corrected chi connectivity index (χ2v) is 5.39. The molecule has 1 amide bonds. The number of halogens is 1. The lowest BCUT2D eigenvalue weighted by molar-refractivity contribution is 0.0658. The molecule has 1 fully saturated rings. The second-order valence-electron chi connectivity index (χ2n) is 5.39. The number of hydrogen-bond acceptors (Lipinski definition) is 4. The van der Waals surface area contributed by atoms with Crippen molar-refractivity contribution in [1.82, 2.24) is 19.8 Å². The van der Waals surface area contributed by atoms with Crippen LogP contribution in [0.2, 0.25) is 0 Å². The van der Waals surface area contributed by atoms with Crippen molar-refractivity contribution >= 4 is 5.91 Å². The normalized spacial score (nSPS) is 15.8. The number of rotatable bonds is 2. The van der Waals surface area contributed by atoms with E-state index in [1.54, 1.807) is 23.2 Å². The van der Waals surface area contributed by atoms with Crippen molar-refractivity contribution in [3.63, 3.8) is 0 Å². The van der Waals surface area contributed by atoms with Crippen LogP contribution in [0.25, 0.3) is 11.3 Å². The van der Waals surface area contributed by atoms with Gasteiger partial charge in [-0.05, 0) is 31.3 Å². The number of amides is 1. The average molecular weight is 300 g/mol. The Bertz CT molecular complexity index is 666. The van der Waals surface area contributed by atoms with E-state index >= 15 is 0 Å². The van der Waals surface area contributed by atoms with Crippen molar-refractivity contribution in [2.24, 2.45) is 0 Å². The van der Waals surface area contributed by atoms with Gasteiger partial charge in [0.2, 0.25) is 0 Å². The van der Waals surface area contributed by atoms with Crippen molar-refractivity contribution in [3.8, 4) is 11.3 Å². The molecule has 1 aliphatic rings. The molecule has 2 aromatic rings. The zero-order chi connectivity index (χ0) is 15.5. The van der Waals surface area contributed by atoms with Gasteiger partial charge in [-0.3, -0.25) is 9.78 Å². The van der Waals surface area contributed by atoms with Gasteiger partial charge >= 0.3 is 0 Å².